The van der Waals surface area contributed by atoms with E-state index in [4.69, 9.17) is 5.21 Å². The minimum Gasteiger partial charge on any atom is -0.410 e. The predicted molar refractivity (Wildman–Crippen MR) is 28.8 cm³/mol. The Morgan fingerprint density at radius 3 is 2.11 bits per heavy atom. The van der Waals surface area contributed by atoms with E-state index in [2.05, 4.69) is 21.1 Å². The Kier molecular flexibility index (Phi) is 2.96. The van der Waals surface area contributed by atoms with Gasteiger partial charge in [-0.2, -0.15) is 13.2 Å². The third-order valence-electron chi connectivity index (χ3n) is 0.455. The van der Waals surface area contributed by atoms with Crippen molar-refractivity contribution in [2.45, 2.75) is 12.6 Å². The van der Waals surface area contributed by atoms with Crippen LogP contribution in [0.3, 0.4) is 0 Å². The van der Waals surface area contributed by atoms with Crippen molar-refractivity contribution < 1.29 is 18.4 Å². The molecule has 0 aliphatic carbocycles. The van der Waals surface area contributed by atoms with Crippen LogP contribution >= 0.6 is 15.9 Å². The molecule has 0 rings (SSSR count). The minimum atomic E-state index is -4.31. The van der Waals surface area contributed by atoms with E-state index in [1.807, 2.05) is 0 Å². The van der Waals surface area contributed by atoms with Crippen molar-refractivity contribution in [3.63, 3.8) is 0 Å². The fourth-order valence-electron chi connectivity index (χ4n) is 0.201. The van der Waals surface area contributed by atoms with E-state index in [9.17, 15) is 13.2 Å². The van der Waals surface area contributed by atoms with Crippen LogP contribution in [0.15, 0.2) is 5.16 Å². The summed E-state index contributed by atoms with van der Waals surface area (Å²) in [5.74, 6) is 0. The van der Waals surface area contributed by atoms with Crippen LogP contribution in [0.1, 0.15) is 6.42 Å². The average molecular weight is 206 g/mol. The number of hydrogen-bond acceptors (Lipinski definition) is 2. The summed E-state index contributed by atoms with van der Waals surface area (Å²) < 4.78 is 33.3. The molecule has 0 amide bonds. The van der Waals surface area contributed by atoms with Crippen LogP contribution in [-0.4, -0.2) is 16.0 Å². The maximum Gasteiger partial charge on any atom is 0.395 e. The maximum atomic E-state index is 11.3. The van der Waals surface area contributed by atoms with Crippen molar-refractivity contribution in [3.05, 3.63) is 0 Å². The Labute approximate surface area is 57.5 Å². The first-order valence-electron chi connectivity index (χ1n) is 1.89. The van der Waals surface area contributed by atoms with E-state index in [0.717, 1.165) is 0 Å². The molecule has 1 N–H and O–H groups in total. The van der Waals surface area contributed by atoms with Crippen molar-refractivity contribution in [2.24, 2.45) is 5.16 Å². The number of oxime groups is 1. The van der Waals surface area contributed by atoms with E-state index >= 15 is 0 Å². The summed E-state index contributed by atoms with van der Waals surface area (Å²) in [5.41, 5.74) is 0. The van der Waals surface area contributed by atoms with Gasteiger partial charge in [0.15, 0.2) is 0 Å². The monoisotopic (exact) mass is 205 g/mol. The molecule has 54 valence electrons. The number of alkyl halides is 3. The lowest BCUT2D eigenvalue weighted by molar-refractivity contribution is -0.120. The normalized spacial score (nSPS) is 14.0. The van der Waals surface area contributed by atoms with E-state index in [0.29, 0.717) is 0 Å². The molecular weight excluding hydrogens is 203 g/mol. The van der Waals surface area contributed by atoms with Gasteiger partial charge in [-0.3, -0.25) is 0 Å². The van der Waals surface area contributed by atoms with E-state index in [-0.39, 0.29) is 0 Å². The zero-order valence-corrected chi connectivity index (χ0v) is 5.70. The molecule has 0 saturated heterocycles. The summed E-state index contributed by atoms with van der Waals surface area (Å²) in [7, 11) is 0. The van der Waals surface area contributed by atoms with Crippen LogP contribution in [0, 0.1) is 0 Å². The number of rotatable bonds is 1. The second-order valence-electron chi connectivity index (χ2n) is 1.27. The average Bonchev–Trinajstić information content (AvgIpc) is 1.62. The van der Waals surface area contributed by atoms with Crippen LogP contribution in [0.5, 0.6) is 0 Å². The zero-order valence-electron chi connectivity index (χ0n) is 4.11. The molecule has 0 aliphatic rings. The zero-order chi connectivity index (χ0) is 7.49. The highest BCUT2D eigenvalue weighted by atomic mass is 79.9. The van der Waals surface area contributed by atoms with Crippen LogP contribution in [-0.2, 0) is 0 Å². The fourth-order valence-corrected chi connectivity index (χ4v) is 0.519. The summed E-state index contributed by atoms with van der Waals surface area (Å²) in [4.78, 5) is 0. The van der Waals surface area contributed by atoms with E-state index < -0.39 is 17.2 Å². The standard InChI is InChI=1S/C3H3BrF3NO/c4-2(8-9)1-3(5,6)7/h9H,1H2/b8-2+. The first-order chi connectivity index (χ1) is 3.95. The lowest BCUT2D eigenvalue weighted by atomic mass is 10.5. The highest BCUT2D eigenvalue weighted by molar-refractivity contribution is 9.18. The summed E-state index contributed by atoms with van der Waals surface area (Å²) in [6.07, 6.45) is -5.55. The van der Waals surface area contributed by atoms with Crippen LogP contribution < -0.4 is 0 Å². The number of hydrogen-bond donors (Lipinski definition) is 1. The molecule has 0 atom stereocenters. The topological polar surface area (TPSA) is 32.6 Å². The smallest absolute Gasteiger partial charge is 0.395 e. The van der Waals surface area contributed by atoms with Gasteiger partial charge in [0.2, 0.25) is 0 Å². The van der Waals surface area contributed by atoms with Crippen molar-refractivity contribution in [2.75, 3.05) is 0 Å². The van der Waals surface area contributed by atoms with Gasteiger partial charge in [0.25, 0.3) is 0 Å². The van der Waals surface area contributed by atoms with Crippen molar-refractivity contribution >= 4 is 20.6 Å². The summed E-state index contributed by atoms with van der Waals surface area (Å²) in [6, 6.07) is 0. The van der Waals surface area contributed by atoms with Gasteiger partial charge in [-0.15, -0.1) is 0 Å². The first-order valence-corrected chi connectivity index (χ1v) is 2.68. The summed E-state index contributed by atoms with van der Waals surface area (Å²) >= 11 is 2.39. The Bertz CT molecular complexity index is 121. The molecule has 0 fully saturated rings. The summed E-state index contributed by atoms with van der Waals surface area (Å²) in [6.45, 7) is 0. The van der Waals surface area contributed by atoms with Crippen LogP contribution in [0.25, 0.3) is 0 Å². The van der Waals surface area contributed by atoms with Gasteiger partial charge in [0.1, 0.15) is 4.62 Å². The fraction of sp³-hybridized carbons (Fsp3) is 0.667. The van der Waals surface area contributed by atoms with Gasteiger partial charge in [0, 0.05) is 0 Å². The van der Waals surface area contributed by atoms with Gasteiger partial charge in [-0.1, -0.05) is 5.16 Å². The molecule has 0 aromatic carbocycles. The Balaban J connectivity index is 3.75. The molecule has 2 nitrogen and oxygen atoms in total. The highest BCUT2D eigenvalue weighted by Gasteiger charge is 2.29. The summed E-state index contributed by atoms with van der Waals surface area (Å²) in [5, 5.41) is 10.0. The third-order valence-corrected chi connectivity index (χ3v) is 0.894. The number of nitrogens with zero attached hydrogens (tertiary/aromatic N) is 1. The van der Waals surface area contributed by atoms with Gasteiger partial charge in [-0.05, 0) is 15.9 Å². The van der Waals surface area contributed by atoms with E-state index in [1.165, 1.54) is 0 Å². The molecule has 9 heavy (non-hydrogen) atoms. The first kappa shape index (κ1) is 8.74. The largest absolute Gasteiger partial charge is 0.410 e. The Morgan fingerprint density at radius 1 is 1.56 bits per heavy atom. The molecule has 0 spiro atoms. The maximum absolute atomic E-state index is 11.3. The minimum absolute atomic E-state index is 0.519. The van der Waals surface area contributed by atoms with Crippen molar-refractivity contribution in [1.29, 1.82) is 0 Å². The molecule has 0 bridgehead atoms. The van der Waals surface area contributed by atoms with Crippen LogP contribution in [0.2, 0.25) is 0 Å². The predicted octanol–water partition coefficient (Wildman–Crippen LogP) is 2.12. The molecule has 0 unspecified atom stereocenters. The molecule has 0 saturated carbocycles. The highest BCUT2D eigenvalue weighted by Crippen LogP contribution is 2.21. The molecule has 0 radical (unpaired) electrons. The van der Waals surface area contributed by atoms with Gasteiger partial charge >= 0.3 is 6.18 Å². The molecule has 0 aliphatic heterocycles. The molecule has 6 heteroatoms. The molecule has 0 heterocycles. The molecule has 0 aromatic heterocycles. The molecular formula is C3H3BrF3NO. The lowest BCUT2D eigenvalue weighted by Gasteiger charge is -2.01. The Morgan fingerprint density at radius 2 is 2.00 bits per heavy atom. The van der Waals surface area contributed by atoms with Crippen LogP contribution in [0.4, 0.5) is 13.2 Å². The van der Waals surface area contributed by atoms with Crippen molar-refractivity contribution in [3.8, 4) is 0 Å². The Hall–Kier alpha value is -0.260. The third kappa shape index (κ3) is 5.61. The van der Waals surface area contributed by atoms with E-state index in [1.54, 1.807) is 0 Å². The van der Waals surface area contributed by atoms with Gasteiger partial charge < -0.3 is 5.21 Å². The molecule has 0 aromatic rings. The quantitative estimate of drug-likeness (QED) is 0.397. The van der Waals surface area contributed by atoms with Crippen molar-refractivity contribution in [1.82, 2.24) is 0 Å². The second-order valence-corrected chi connectivity index (χ2v) is 2.18. The van der Waals surface area contributed by atoms with Gasteiger partial charge in [-0.25, -0.2) is 0 Å². The SMILES string of the molecule is O/N=C(/Br)CC(F)(F)F. The number of halogens is 4. The second kappa shape index (κ2) is 3.05. The lowest BCUT2D eigenvalue weighted by Crippen LogP contribution is -2.10. The van der Waals surface area contributed by atoms with Gasteiger partial charge in [0.05, 0.1) is 6.42 Å².